The third-order valence-electron chi connectivity index (χ3n) is 6.09. The largest absolute Gasteiger partial charge is 0.457 e. The molecule has 0 unspecified atom stereocenters. The second-order valence-corrected chi connectivity index (χ2v) is 7.58. The summed E-state index contributed by atoms with van der Waals surface area (Å²) in [5, 5.41) is 21.6. The second kappa shape index (κ2) is 7.43. The number of hydrogen-bond donors (Lipinski definition) is 2. The van der Waals surface area contributed by atoms with Gasteiger partial charge < -0.3 is 14.9 Å². The van der Waals surface area contributed by atoms with Gasteiger partial charge in [-0.15, -0.1) is 0 Å². The molecule has 2 heterocycles. The summed E-state index contributed by atoms with van der Waals surface area (Å²) < 4.78 is 5.79. The van der Waals surface area contributed by atoms with Gasteiger partial charge in [0.05, 0.1) is 17.8 Å². The average molecular weight is 367 g/mol. The van der Waals surface area contributed by atoms with Gasteiger partial charge in [-0.3, -0.25) is 4.90 Å². The lowest BCUT2D eigenvalue weighted by atomic mass is 9.81. The zero-order valence-corrected chi connectivity index (χ0v) is 15.3. The monoisotopic (exact) mass is 367 g/mol. The maximum absolute atomic E-state index is 12.5. The van der Waals surface area contributed by atoms with Crippen molar-refractivity contribution >= 4 is 5.97 Å². The van der Waals surface area contributed by atoms with E-state index in [4.69, 9.17) is 4.74 Å². The Morgan fingerprint density at radius 2 is 1.67 bits per heavy atom. The van der Waals surface area contributed by atoms with E-state index in [0.29, 0.717) is 18.4 Å². The molecule has 0 radical (unpaired) electrons. The molecule has 0 amide bonds. The van der Waals surface area contributed by atoms with Crippen LogP contribution < -0.4 is 0 Å². The predicted molar refractivity (Wildman–Crippen MR) is 101 cm³/mol. The number of carbonyl (C=O) groups excluding carboxylic acids is 1. The number of aliphatic hydroxyl groups excluding tert-OH is 2. The highest BCUT2D eigenvalue weighted by Gasteiger charge is 2.53. The van der Waals surface area contributed by atoms with Gasteiger partial charge in [-0.05, 0) is 31.2 Å². The van der Waals surface area contributed by atoms with Crippen molar-refractivity contribution in [1.82, 2.24) is 4.90 Å². The minimum atomic E-state index is -0.752. The number of benzene rings is 2. The summed E-state index contributed by atoms with van der Waals surface area (Å²) in [6.07, 6.45) is -0.569. The van der Waals surface area contributed by atoms with Crippen LogP contribution in [0.3, 0.4) is 0 Å². The molecule has 2 aromatic rings. The molecule has 142 valence electrons. The first-order chi connectivity index (χ1) is 13.1. The maximum atomic E-state index is 12.5. The van der Waals surface area contributed by atoms with Crippen LogP contribution in [0, 0.1) is 5.92 Å². The Balaban J connectivity index is 1.52. The van der Waals surface area contributed by atoms with Gasteiger partial charge in [0.15, 0.2) is 0 Å². The number of likely N-dealkylation sites (N-methyl/N-ethyl adjacent to an activating group) is 1. The van der Waals surface area contributed by atoms with Crippen molar-refractivity contribution in [3.63, 3.8) is 0 Å². The van der Waals surface area contributed by atoms with Crippen LogP contribution in [0.25, 0.3) is 0 Å². The van der Waals surface area contributed by atoms with Crippen LogP contribution in [0.15, 0.2) is 60.7 Å². The van der Waals surface area contributed by atoms with Gasteiger partial charge >= 0.3 is 5.97 Å². The lowest BCUT2D eigenvalue weighted by Crippen LogP contribution is -2.52. The first-order valence-corrected chi connectivity index (χ1v) is 9.45. The zero-order valence-electron chi connectivity index (χ0n) is 15.3. The lowest BCUT2D eigenvalue weighted by Gasteiger charge is -2.42. The van der Waals surface area contributed by atoms with Gasteiger partial charge in [0.1, 0.15) is 6.10 Å². The molecule has 2 aliphatic heterocycles. The summed E-state index contributed by atoms with van der Waals surface area (Å²) >= 11 is 0. The Kier molecular flexibility index (Phi) is 5.00. The average Bonchev–Trinajstić information content (AvgIpc) is 2.90. The summed E-state index contributed by atoms with van der Waals surface area (Å²) in [5.74, 6) is -0.648. The standard InChI is InChI=1S/C22H25NO4/c1-23-16-12-18(24)20(21(25)14-8-4-2-5-9-14)17(23)13-19(16)27-22(26)15-10-6-3-7-11-15/h2-11,16-21,24-25H,12-13H2,1H3/t16-,17-,18+,19-,20+,21+/m0/s1. The normalized spacial score (nSPS) is 31.4. The Morgan fingerprint density at radius 1 is 1.04 bits per heavy atom. The first kappa shape index (κ1) is 18.2. The smallest absolute Gasteiger partial charge is 0.338 e. The fourth-order valence-electron chi connectivity index (χ4n) is 4.68. The quantitative estimate of drug-likeness (QED) is 0.812. The number of carbonyl (C=O) groups is 1. The van der Waals surface area contributed by atoms with Crippen molar-refractivity contribution in [1.29, 1.82) is 0 Å². The minimum absolute atomic E-state index is 0.0307. The lowest BCUT2D eigenvalue weighted by molar-refractivity contribution is -0.0720. The highest BCUT2D eigenvalue weighted by Crippen LogP contribution is 2.44. The molecular weight excluding hydrogens is 342 g/mol. The highest BCUT2D eigenvalue weighted by atomic mass is 16.5. The van der Waals surface area contributed by atoms with Gasteiger partial charge in [0.25, 0.3) is 0 Å². The van der Waals surface area contributed by atoms with E-state index in [1.807, 2.05) is 55.6 Å². The number of esters is 1. The van der Waals surface area contributed by atoms with Crippen molar-refractivity contribution < 1.29 is 19.7 Å². The molecule has 0 saturated carbocycles. The second-order valence-electron chi connectivity index (χ2n) is 7.58. The Labute approximate surface area is 159 Å². The van der Waals surface area contributed by atoms with Crippen molar-refractivity contribution in [3.05, 3.63) is 71.8 Å². The summed E-state index contributed by atoms with van der Waals surface area (Å²) in [5.41, 5.74) is 1.33. The van der Waals surface area contributed by atoms with Crippen LogP contribution in [0.4, 0.5) is 0 Å². The van der Waals surface area contributed by atoms with Gasteiger partial charge in [-0.1, -0.05) is 48.5 Å². The fourth-order valence-corrected chi connectivity index (χ4v) is 4.68. The molecule has 0 aliphatic carbocycles. The van der Waals surface area contributed by atoms with Crippen molar-refractivity contribution in [2.24, 2.45) is 5.92 Å². The van der Waals surface area contributed by atoms with E-state index in [1.54, 1.807) is 12.1 Å². The fraction of sp³-hybridized carbons (Fsp3) is 0.409. The topological polar surface area (TPSA) is 70.0 Å². The number of hydrogen-bond acceptors (Lipinski definition) is 5. The number of aliphatic hydroxyl groups is 2. The Morgan fingerprint density at radius 3 is 2.33 bits per heavy atom. The van der Waals surface area contributed by atoms with Gasteiger partial charge in [0, 0.05) is 24.4 Å². The van der Waals surface area contributed by atoms with E-state index < -0.39 is 12.2 Å². The molecule has 6 atom stereocenters. The molecule has 5 heteroatoms. The molecule has 27 heavy (non-hydrogen) atoms. The molecule has 2 fully saturated rings. The van der Waals surface area contributed by atoms with E-state index in [9.17, 15) is 15.0 Å². The van der Waals surface area contributed by atoms with Crippen LogP contribution in [-0.2, 0) is 4.74 Å². The molecule has 5 nitrogen and oxygen atoms in total. The van der Waals surface area contributed by atoms with E-state index in [0.717, 1.165) is 5.56 Å². The highest BCUT2D eigenvalue weighted by molar-refractivity contribution is 5.89. The number of ether oxygens (including phenoxy) is 1. The van der Waals surface area contributed by atoms with Gasteiger partial charge in [0.2, 0.25) is 0 Å². The number of piperidine rings is 1. The van der Waals surface area contributed by atoms with E-state index in [-0.39, 0.29) is 30.1 Å². The Bertz CT molecular complexity index is 781. The van der Waals surface area contributed by atoms with Crippen LogP contribution >= 0.6 is 0 Å². The molecule has 2 aliphatic rings. The van der Waals surface area contributed by atoms with E-state index in [2.05, 4.69) is 4.90 Å². The van der Waals surface area contributed by atoms with Crippen LogP contribution in [0.5, 0.6) is 0 Å². The SMILES string of the molecule is CN1[C@H]2C[C@H](OC(=O)c3ccccc3)[C@@H]1C[C@@H](O)[C@@H]2[C@H](O)c1ccccc1. The predicted octanol–water partition coefficient (Wildman–Crippen LogP) is 2.40. The van der Waals surface area contributed by atoms with Gasteiger partial charge in [-0.2, -0.15) is 0 Å². The summed E-state index contributed by atoms with van der Waals surface area (Å²) in [6, 6.07) is 18.3. The summed E-state index contributed by atoms with van der Waals surface area (Å²) in [4.78, 5) is 14.6. The third kappa shape index (κ3) is 3.38. The van der Waals surface area contributed by atoms with Crippen LogP contribution in [0.1, 0.15) is 34.9 Å². The van der Waals surface area contributed by atoms with E-state index in [1.165, 1.54) is 0 Å². The molecule has 2 bridgehead atoms. The summed E-state index contributed by atoms with van der Waals surface area (Å²) in [7, 11) is 1.99. The molecule has 0 aromatic heterocycles. The van der Waals surface area contributed by atoms with Crippen LogP contribution in [0.2, 0.25) is 0 Å². The number of rotatable bonds is 4. The number of nitrogens with zero attached hydrogens (tertiary/aromatic N) is 1. The third-order valence-corrected chi connectivity index (χ3v) is 6.09. The molecule has 0 spiro atoms. The van der Waals surface area contributed by atoms with E-state index >= 15 is 0 Å². The van der Waals surface area contributed by atoms with Crippen molar-refractivity contribution in [3.8, 4) is 0 Å². The van der Waals surface area contributed by atoms with Crippen molar-refractivity contribution in [2.75, 3.05) is 7.05 Å². The molecule has 4 rings (SSSR count). The first-order valence-electron chi connectivity index (χ1n) is 9.45. The maximum Gasteiger partial charge on any atom is 0.338 e. The minimum Gasteiger partial charge on any atom is -0.457 e. The molecule has 2 aromatic carbocycles. The molecule has 2 saturated heterocycles. The number of fused-ring (bicyclic) bond motifs is 2. The van der Waals surface area contributed by atoms with Crippen molar-refractivity contribution in [2.45, 2.75) is 43.2 Å². The summed E-state index contributed by atoms with van der Waals surface area (Å²) in [6.45, 7) is 0. The molecular formula is C22H25NO4. The Hall–Kier alpha value is -2.21. The zero-order chi connectivity index (χ0) is 19.0. The van der Waals surface area contributed by atoms with Gasteiger partial charge in [-0.25, -0.2) is 4.79 Å². The molecule has 2 N–H and O–H groups in total. The van der Waals surface area contributed by atoms with Crippen LogP contribution in [-0.4, -0.2) is 52.4 Å².